The number of benzene rings is 1. The second-order valence-electron chi connectivity index (χ2n) is 12.5. The molecule has 0 saturated heterocycles. The smallest absolute Gasteiger partial charge is 0.475 e. The zero-order chi connectivity index (χ0) is 38.4. The van der Waals surface area contributed by atoms with Crippen molar-refractivity contribution in [3.8, 4) is 5.88 Å². The van der Waals surface area contributed by atoms with E-state index in [0.717, 1.165) is 12.1 Å². The predicted molar refractivity (Wildman–Crippen MR) is 168 cm³/mol. The highest BCUT2D eigenvalue weighted by Crippen LogP contribution is 2.27. The van der Waals surface area contributed by atoms with Crippen molar-refractivity contribution in [2.45, 2.75) is 78.9 Å². The number of rotatable bonds is 10. The zero-order valence-electron chi connectivity index (χ0n) is 28.6. The summed E-state index contributed by atoms with van der Waals surface area (Å²) in [5.74, 6) is -4.84. The largest absolute Gasteiger partial charge is 0.490 e. The Labute approximate surface area is 287 Å². The number of ether oxygens (including phenoxy) is 2. The Morgan fingerprint density at radius 2 is 1.59 bits per heavy atom. The minimum Gasteiger partial charge on any atom is -0.475 e. The van der Waals surface area contributed by atoms with Gasteiger partial charge < -0.3 is 34.7 Å². The summed E-state index contributed by atoms with van der Waals surface area (Å²) in [6.07, 6.45) is -5.75. The predicted octanol–water partition coefficient (Wildman–Crippen LogP) is 5.51. The van der Waals surface area contributed by atoms with Crippen molar-refractivity contribution in [3.05, 3.63) is 76.1 Å². The Bertz CT molecular complexity index is 1850. The number of fused-ring (bicyclic) bond motifs is 1. The van der Waals surface area contributed by atoms with Crippen molar-refractivity contribution in [1.82, 2.24) is 30.4 Å². The van der Waals surface area contributed by atoms with E-state index >= 15 is 0 Å². The number of alkyl carbamates (subject to hydrolysis) is 1. The van der Waals surface area contributed by atoms with E-state index in [1.54, 1.807) is 46.8 Å². The summed E-state index contributed by atoms with van der Waals surface area (Å²) in [6.45, 7) is 11.3. The van der Waals surface area contributed by atoms with Crippen LogP contribution in [0.25, 0.3) is 5.52 Å². The number of pyridine rings is 1. The summed E-state index contributed by atoms with van der Waals surface area (Å²) in [6, 6.07) is 5.10. The number of carboxylic acid groups (broad SMARTS) is 1. The number of alkyl halides is 3. The number of hydrogen-bond acceptors (Lipinski definition) is 10. The molecular weight excluding hydrogens is 691 g/mol. The molecule has 0 saturated carbocycles. The molecule has 14 nitrogen and oxygen atoms in total. The molecule has 0 fully saturated rings. The zero-order valence-corrected chi connectivity index (χ0v) is 28.6. The first-order valence-corrected chi connectivity index (χ1v) is 15.2. The van der Waals surface area contributed by atoms with Gasteiger partial charge in [-0.05, 0) is 64.3 Å². The molecule has 0 unspecified atom stereocenters. The van der Waals surface area contributed by atoms with Gasteiger partial charge in [0.05, 0.1) is 28.9 Å². The van der Waals surface area contributed by atoms with E-state index in [1.165, 1.54) is 10.6 Å². The summed E-state index contributed by atoms with van der Waals surface area (Å²) in [5, 5.41) is 35.1. The van der Waals surface area contributed by atoms with E-state index < -0.39 is 66.7 Å². The van der Waals surface area contributed by atoms with Gasteiger partial charge in [-0.15, -0.1) is 10.2 Å². The molecule has 3 aromatic heterocycles. The SMILES string of the molecule is Cc1cc(OCc2c(F)cccc2F)n2nc(C)c(C(=O)N[C@@H](CO)c3nnc([C@@H](NC(=O)OC(C)(C)C)C(C)C)o3)c2c1.O=C(O)C(F)(F)F. The molecule has 0 radical (unpaired) electrons. The number of hydrogen-bond donors (Lipinski definition) is 4. The highest BCUT2D eigenvalue weighted by Gasteiger charge is 2.38. The lowest BCUT2D eigenvalue weighted by Crippen LogP contribution is -2.37. The highest BCUT2D eigenvalue weighted by molar-refractivity contribution is 6.02. The quantitative estimate of drug-likeness (QED) is 0.151. The summed E-state index contributed by atoms with van der Waals surface area (Å²) in [4.78, 5) is 34.8. The van der Waals surface area contributed by atoms with Gasteiger partial charge in [-0.2, -0.15) is 22.8 Å². The number of carbonyl (C=O) groups excluding carboxylic acids is 2. The van der Waals surface area contributed by atoms with Crippen LogP contribution in [-0.4, -0.2) is 66.4 Å². The lowest BCUT2D eigenvalue weighted by atomic mass is 10.1. The van der Waals surface area contributed by atoms with Crippen LogP contribution < -0.4 is 15.4 Å². The number of aliphatic hydroxyl groups is 1. The fourth-order valence-corrected chi connectivity index (χ4v) is 4.44. The van der Waals surface area contributed by atoms with E-state index in [2.05, 4.69) is 25.9 Å². The van der Waals surface area contributed by atoms with Crippen LogP contribution in [0.4, 0.5) is 26.7 Å². The van der Waals surface area contributed by atoms with Crippen LogP contribution in [-0.2, 0) is 16.1 Å². The van der Waals surface area contributed by atoms with E-state index in [1.807, 2.05) is 13.8 Å². The molecule has 2 amide bonds. The maximum absolute atomic E-state index is 14.2. The third-order valence-electron chi connectivity index (χ3n) is 6.76. The van der Waals surface area contributed by atoms with Gasteiger partial charge in [0.1, 0.15) is 35.9 Å². The Morgan fingerprint density at radius 1 is 1.00 bits per heavy atom. The molecule has 2 atom stereocenters. The number of nitrogens with zero attached hydrogens (tertiary/aromatic N) is 4. The average molecular weight is 729 g/mol. The Morgan fingerprint density at radius 3 is 2.12 bits per heavy atom. The number of amides is 2. The van der Waals surface area contributed by atoms with Gasteiger partial charge in [0.15, 0.2) is 0 Å². The second-order valence-corrected chi connectivity index (χ2v) is 12.5. The fourth-order valence-electron chi connectivity index (χ4n) is 4.44. The number of carbonyl (C=O) groups is 3. The molecule has 0 spiro atoms. The number of halogens is 5. The van der Waals surface area contributed by atoms with E-state index in [-0.39, 0.29) is 34.7 Å². The van der Waals surface area contributed by atoms with Crippen LogP contribution in [0.3, 0.4) is 0 Å². The molecule has 0 aliphatic heterocycles. The molecule has 0 bridgehead atoms. The van der Waals surface area contributed by atoms with Crippen molar-refractivity contribution in [1.29, 1.82) is 0 Å². The van der Waals surface area contributed by atoms with E-state index in [0.29, 0.717) is 16.8 Å². The number of carboxylic acids is 1. The van der Waals surface area contributed by atoms with Gasteiger partial charge in [-0.1, -0.05) is 19.9 Å². The van der Waals surface area contributed by atoms with Crippen LogP contribution in [0.5, 0.6) is 5.88 Å². The number of aliphatic hydroxyl groups excluding tert-OH is 1. The number of nitrogens with one attached hydrogen (secondary N) is 2. The number of aromatic nitrogens is 4. The van der Waals surface area contributed by atoms with Crippen molar-refractivity contribution in [2.24, 2.45) is 5.92 Å². The highest BCUT2D eigenvalue weighted by atomic mass is 19.4. The minimum absolute atomic E-state index is 0.0735. The molecule has 19 heteroatoms. The molecule has 51 heavy (non-hydrogen) atoms. The lowest BCUT2D eigenvalue weighted by Gasteiger charge is -2.23. The van der Waals surface area contributed by atoms with Crippen molar-refractivity contribution >= 4 is 23.5 Å². The van der Waals surface area contributed by atoms with E-state index in [4.69, 9.17) is 23.8 Å². The summed E-state index contributed by atoms with van der Waals surface area (Å²) < 4.78 is 78.3. The van der Waals surface area contributed by atoms with Crippen molar-refractivity contribution in [3.63, 3.8) is 0 Å². The Kier molecular flexibility index (Phi) is 12.7. The van der Waals surface area contributed by atoms with Crippen LogP contribution in [0.2, 0.25) is 0 Å². The van der Waals surface area contributed by atoms with Crippen LogP contribution in [0.1, 0.15) is 85.7 Å². The van der Waals surface area contributed by atoms with Crippen molar-refractivity contribution in [2.75, 3.05) is 6.61 Å². The van der Waals surface area contributed by atoms with Gasteiger partial charge in [0.25, 0.3) is 5.91 Å². The first-order valence-electron chi connectivity index (χ1n) is 15.2. The van der Waals surface area contributed by atoms with E-state index in [9.17, 15) is 36.6 Å². The monoisotopic (exact) mass is 728 g/mol. The Hall–Kier alpha value is -5.33. The van der Waals surface area contributed by atoms with Gasteiger partial charge in [0, 0.05) is 6.07 Å². The normalized spacial score (nSPS) is 12.9. The molecule has 0 aliphatic rings. The van der Waals surface area contributed by atoms with Crippen LogP contribution >= 0.6 is 0 Å². The maximum atomic E-state index is 14.2. The third-order valence-corrected chi connectivity index (χ3v) is 6.76. The first kappa shape index (κ1) is 40.1. The summed E-state index contributed by atoms with van der Waals surface area (Å²) in [5.41, 5.74) is 0.632. The van der Waals surface area contributed by atoms with Crippen molar-refractivity contribution < 1.29 is 60.4 Å². The number of aryl methyl sites for hydroxylation is 2. The van der Waals surface area contributed by atoms with Crippen LogP contribution in [0, 0.1) is 31.4 Å². The number of aliphatic carboxylic acids is 1. The molecule has 4 rings (SSSR count). The third kappa shape index (κ3) is 10.6. The molecule has 3 heterocycles. The molecular formula is C32H37F5N6O8. The summed E-state index contributed by atoms with van der Waals surface area (Å²) >= 11 is 0. The minimum atomic E-state index is -5.08. The maximum Gasteiger partial charge on any atom is 0.490 e. The fraction of sp³-hybridized carbons (Fsp3) is 0.438. The molecule has 4 N–H and O–H groups in total. The standard InChI is InChI=1S/C30H36F2N6O6.C2HF3O2/c1-15(2)25(34-29(41)44-30(5,6)7)28-36-35-27(43-28)21(13-39)33-26(40)24-17(4)37-38-22(24)11-16(3)12-23(38)42-14-18-19(31)9-8-10-20(18)32;3-2(4,5)1(6)7/h8-12,15,21,25,39H,13-14H2,1-7H3,(H,33,40)(H,34,41);(H,6,7)/t21-,25-;/m0./s1. The molecule has 1 aromatic carbocycles. The van der Waals surface area contributed by atoms with Crippen LogP contribution in [0.15, 0.2) is 34.7 Å². The molecule has 0 aliphatic carbocycles. The molecule has 278 valence electrons. The van der Waals surface area contributed by atoms with Gasteiger partial charge >= 0.3 is 18.2 Å². The molecule has 4 aromatic rings. The van der Waals surface area contributed by atoms with Gasteiger partial charge in [-0.3, -0.25) is 4.79 Å². The topological polar surface area (TPSA) is 190 Å². The average Bonchev–Trinajstić information content (AvgIpc) is 3.61. The second kappa shape index (κ2) is 16.1. The van der Waals surface area contributed by atoms with Gasteiger partial charge in [-0.25, -0.2) is 18.4 Å². The summed E-state index contributed by atoms with van der Waals surface area (Å²) in [7, 11) is 0. The van der Waals surface area contributed by atoms with Gasteiger partial charge in [0.2, 0.25) is 17.7 Å². The first-order chi connectivity index (χ1) is 23.6. The Balaban J connectivity index is 0.000000908. The lowest BCUT2D eigenvalue weighted by molar-refractivity contribution is -0.192.